The lowest BCUT2D eigenvalue weighted by Gasteiger charge is -2.36. The number of aromatic nitrogens is 3. The molecule has 0 atom stereocenters. The van der Waals surface area contributed by atoms with Crippen LogP contribution in [0.3, 0.4) is 0 Å². The second-order valence-corrected chi connectivity index (χ2v) is 8.56. The Labute approximate surface area is 223 Å². The standard InChI is InChI=1S/C26H21F6N5O3/c1-16-33-22(37-36-16)34-23(38)35-24(15-17-7-3-2-4-8-17,18-9-5-11-20(13-18)39-25(27,28)29)19-10-6-12-21(14-19)40-26(30,31)32/h2-14H,15H2,1H3,(H3,33,34,35,36,37,38). The van der Waals surface area contributed by atoms with E-state index in [9.17, 15) is 31.1 Å². The van der Waals surface area contributed by atoms with Crippen LogP contribution in [0, 0.1) is 6.92 Å². The number of hydrogen-bond donors (Lipinski definition) is 3. The Morgan fingerprint density at radius 1 is 0.800 bits per heavy atom. The van der Waals surface area contributed by atoms with E-state index in [2.05, 4.69) is 35.3 Å². The smallest absolute Gasteiger partial charge is 0.406 e. The number of benzene rings is 3. The molecule has 210 valence electrons. The fourth-order valence-corrected chi connectivity index (χ4v) is 4.11. The molecule has 0 unspecified atom stereocenters. The third-order valence-corrected chi connectivity index (χ3v) is 5.59. The van der Waals surface area contributed by atoms with Gasteiger partial charge in [0.15, 0.2) is 0 Å². The summed E-state index contributed by atoms with van der Waals surface area (Å²) in [6, 6.07) is 17.2. The first-order valence-electron chi connectivity index (χ1n) is 11.6. The molecule has 4 aromatic rings. The summed E-state index contributed by atoms with van der Waals surface area (Å²) in [7, 11) is 0. The van der Waals surface area contributed by atoms with E-state index in [4.69, 9.17) is 0 Å². The molecule has 0 spiro atoms. The number of halogens is 6. The SMILES string of the molecule is Cc1nnc(NC(=O)NC(Cc2ccccc2)(c2cccc(OC(F)(F)F)c2)c2cccc(OC(F)(F)F)c2)[nH]1. The van der Waals surface area contributed by atoms with Crippen molar-refractivity contribution in [1.82, 2.24) is 20.5 Å². The highest BCUT2D eigenvalue weighted by Crippen LogP contribution is 2.38. The summed E-state index contributed by atoms with van der Waals surface area (Å²) in [6.07, 6.45) is -10.1. The van der Waals surface area contributed by atoms with Crippen LogP contribution < -0.4 is 20.1 Å². The average Bonchev–Trinajstić information content (AvgIpc) is 3.26. The third kappa shape index (κ3) is 7.42. The lowest BCUT2D eigenvalue weighted by atomic mass is 9.77. The van der Waals surface area contributed by atoms with Crippen molar-refractivity contribution in [3.05, 3.63) is 101 Å². The van der Waals surface area contributed by atoms with Gasteiger partial charge in [-0.25, -0.2) is 4.79 Å². The monoisotopic (exact) mass is 565 g/mol. The zero-order valence-electron chi connectivity index (χ0n) is 20.6. The first kappa shape index (κ1) is 28.3. The summed E-state index contributed by atoms with van der Waals surface area (Å²) in [5, 5.41) is 12.7. The Balaban J connectivity index is 1.89. The van der Waals surface area contributed by atoms with Gasteiger partial charge in [-0.15, -0.1) is 36.5 Å². The van der Waals surface area contributed by atoms with Crippen LogP contribution in [0.25, 0.3) is 0 Å². The minimum atomic E-state index is -5.02. The van der Waals surface area contributed by atoms with Gasteiger partial charge in [0, 0.05) is 6.42 Å². The van der Waals surface area contributed by atoms with E-state index in [1.807, 2.05) is 0 Å². The number of amides is 2. The number of rotatable bonds is 8. The van der Waals surface area contributed by atoms with Gasteiger partial charge in [0.05, 0.1) is 5.54 Å². The number of ether oxygens (including phenoxy) is 2. The molecule has 4 rings (SSSR count). The van der Waals surface area contributed by atoms with Crippen molar-refractivity contribution in [3.8, 4) is 11.5 Å². The highest BCUT2D eigenvalue weighted by Gasteiger charge is 2.39. The summed E-state index contributed by atoms with van der Waals surface area (Å²) in [6.45, 7) is 1.59. The van der Waals surface area contributed by atoms with Crippen molar-refractivity contribution >= 4 is 12.0 Å². The average molecular weight is 565 g/mol. The Morgan fingerprint density at radius 3 is 1.82 bits per heavy atom. The van der Waals surface area contributed by atoms with Crippen LogP contribution >= 0.6 is 0 Å². The van der Waals surface area contributed by atoms with Gasteiger partial charge in [0.25, 0.3) is 0 Å². The van der Waals surface area contributed by atoms with E-state index in [-0.39, 0.29) is 23.5 Å². The summed E-state index contributed by atoms with van der Waals surface area (Å²) < 4.78 is 86.6. The van der Waals surface area contributed by atoms with Gasteiger partial charge >= 0.3 is 18.8 Å². The molecule has 0 saturated heterocycles. The van der Waals surface area contributed by atoms with E-state index in [1.165, 1.54) is 24.3 Å². The molecule has 1 heterocycles. The molecule has 0 saturated carbocycles. The van der Waals surface area contributed by atoms with Crippen molar-refractivity contribution < 1.29 is 40.6 Å². The van der Waals surface area contributed by atoms with Crippen molar-refractivity contribution in [1.29, 1.82) is 0 Å². The first-order valence-corrected chi connectivity index (χ1v) is 11.6. The number of H-pyrrole nitrogens is 1. The number of nitrogens with zero attached hydrogens (tertiary/aromatic N) is 2. The van der Waals surface area contributed by atoms with Crippen molar-refractivity contribution in [2.75, 3.05) is 5.32 Å². The van der Waals surface area contributed by atoms with Gasteiger partial charge in [0.2, 0.25) is 5.95 Å². The second kappa shape index (κ2) is 11.2. The van der Waals surface area contributed by atoms with Crippen molar-refractivity contribution in [2.45, 2.75) is 31.6 Å². The molecule has 0 bridgehead atoms. The van der Waals surface area contributed by atoms with E-state index in [1.54, 1.807) is 37.3 Å². The van der Waals surface area contributed by atoms with Crippen LogP contribution in [0.5, 0.6) is 11.5 Å². The van der Waals surface area contributed by atoms with Crippen LogP contribution in [0.15, 0.2) is 78.9 Å². The highest BCUT2D eigenvalue weighted by molar-refractivity contribution is 5.88. The molecule has 3 N–H and O–H groups in total. The van der Waals surface area contributed by atoms with Gasteiger partial charge in [-0.3, -0.25) is 5.32 Å². The minimum absolute atomic E-state index is 0.0353. The molecule has 0 fully saturated rings. The van der Waals surface area contributed by atoms with Crippen LogP contribution in [-0.4, -0.2) is 33.9 Å². The molecule has 14 heteroatoms. The van der Waals surface area contributed by atoms with E-state index >= 15 is 0 Å². The lowest BCUT2D eigenvalue weighted by Crippen LogP contribution is -2.50. The predicted octanol–water partition coefficient (Wildman–Crippen LogP) is 6.22. The van der Waals surface area contributed by atoms with Gasteiger partial charge in [-0.05, 0) is 47.9 Å². The fraction of sp³-hybridized carbons (Fsp3) is 0.192. The molecule has 0 aliphatic carbocycles. The molecule has 40 heavy (non-hydrogen) atoms. The maximum Gasteiger partial charge on any atom is 0.573 e. The largest absolute Gasteiger partial charge is 0.573 e. The molecule has 0 radical (unpaired) electrons. The van der Waals surface area contributed by atoms with Gasteiger partial charge in [-0.2, -0.15) is 0 Å². The molecule has 0 aliphatic heterocycles. The Bertz CT molecular complexity index is 1400. The molecule has 0 aliphatic rings. The van der Waals surface area contributed by atoms with Gasteiger partial charge in [0.1, 0.15) is 17.3 Å². The van der Waals surface area contributed by atoms with Gasteiger partial charge in [-0.1, -0.05) is 54.6 Å². The molecule has 1 aromatic heterocycles. The number of anilines is 1. The van der Waals surface area contributed by atoms with Gasteiger partial charge < -0.3 is 19.8 Å². The number of alkyl halides is 6. The molecule has 3 aromatic carbocycles. The predicted molar refractivity (Wildman–Crippen MR) is 130 cm³/mol. The first-order chi connectivity index (χ1) is 18.8. The molecular formula is C26H21F6N5O3. The number of nitrogens with one attached hydrogen (secondary N) is 3. The highest BCUT2D eigenvalue weighted by atomic mass is 19.4. The number of hydrogen-bond acceptors (Lipinski definition) is 5. The molecule has 8 nitrogen and oxygen atoms in total. The summed E-state index contributed by atoms with van der Waals surface area (Å²) >= 11 is 0. The maximum atomic E-state index is 13.3. The van der Waals surface area contributed by atoms with E-state index in [0.717, 1.165) is 24.3 Å². The van der Waals surface area contributed by atoms with Crippen LogP contribution in [-0.2, 0) is 12.0 Å². The Kier molecular flexibility index (Phi) is 7.89. The maximum absolute atomic E-state index is 13.3. The Morgan fingerprint density at radius 2 is 1.35 bits per heavy atom. The lowest BCUT2D eigenvalue weighted by molar-refractivity contribution is -0.275. The molecule has 2 amide bonds. The number of aryl methyl sites for hydroxylation is 1. The third-order valence-electron chi connectivity index (χ3n) is 5.59. The molecular weight excluding hydrogens is 544 g/mol. The van der Waals surface area contributed by atoms with Crippen molar-refractivity contribution in [3.63, 3.8) is 0 Å². The van der Waals surface area contributed by atoms with Crippen LogP contribution in [0.1, 0.15) is 22.5 Å². The fourth-order valence-electron chi connectivity index (χ4n) is 4.11. The summed E-state index contributed by atoms with van der Waals surface area (Å²) in [5.41, 5.74) is -0.990. The van der Waals surface area contributed by atoms with Crippen LogP contribution in [0.4, 0.5) is 37.1 Å². The number of urea groups is 1. The quantitative estimate of drug-likeness (QED) is 0.220. The zero-order valence-corrected chi connectivity index (χ0v) is 20.6. The topological polar surface area (TPSA) is 101 Å². The zero-order chi connectivity index (χ0) is 29.0. The summed E-state index contributed by atoms with van der Waals surface area (Å²) in [4.78, 5) is 16.0. The van der Waals surface area contributed by atoms with E-state index in [0.29, 0.717) is 11.4 Å². The number of carbonyl (C=O) groups is 1. The minimum Gasteiger partial charge on any atom is -0.406 e. The van der Waals surface area contributed by atoms with Crippen molar-refractivity contribution in [2.24, 2.45) is 0 Å². The van der Waals surface area contributed by atoms with Crippen LogP contribution in [0.2, 0.25) is 0 Å². The summed E-state index contributed by atoms with van der Waals surface area (Å²) in [5.74, 6) is -0.844. The number of carbonyl (C=O) groups excluding carboxylic acids is 1. The second-order valence-electron chi connectivity index (χ2n) is 8.56. The van der Waals surface area contributed by atoms with E-state index < -0.39 is 35.8 Å². The normalized spacial score (nSPS) is 12.1. The number of aromatic amines is 1. The Hall–Kier alpha value is -4.75.